The van der Waals surface area contributed by atoms with E-state index in [9.17, 15) is 36.3 Å². The molecule has 5 N–H and O–H groups in total. The van der Waals surface area contributed by atoms with Gasteiger partial charge in [-0.25, -0.2) is 26.6 Å². The highest BCUT2D eigenvalue weighted by atomic mass is 32.3. The summed E-state index contributed by atoms with van der Waals surface area (Å²) in [5.41, 5.74) is 4.25. The predicted molar refractivity (Wildman–Crippen MR) is 118 cm³/mol. The molecule has 2 atom stereocenters. The van der Waals surface area contributed by atoms with Crippen LogP contribution in [0.2, 0.25) is 0 Å². The zero-order valence-corrected chi connectivity index (χ0v) is 19.9. The number of nitrogens with one attached hydrogen (secondary N) is 1. The van der Waals surface area contributed by atoms with E-state index in [1.807, 2.05) is 0 Å². The molecule has 0 radical (unpaired) electrons. The molecule has 180 valence electrons. The number of hydrogen-bond donors (Lipinski definition) is 4. The number of thiazole rings is 1. The van der Waals surface area contributed by atoms with Gasteiger partial charge in [-0.2, -0.15) is 0 Å². The molecule has 2 aliphatic rings. The molecule has 1 saturated heterocycles. The number of sulfone groups is 2. The third-order valence-electron chi connectivity index (χ3n) is 4.40. The van der Waals surface area contributed by atoms with Gasteiger partial charge in [0.25, 0.3) is 11.8 Å². The van der Waals surface area contributed by atoms with Gasteiger partial charge in [-0.15, -0.1) is 23.1 Å². The molecule has 1 aromatic rings. The van der Waals surface area contributed by atoms with Crippen molar-refractivity contribution in [3.05, 3.63) is 22.3 Å². The number of carboxylic acids is 1. The van der Waals surface area contributed by atoms with Crippen molar-refractivity contribution in [2.75, 3.05) is 28.6 Å². The zero-order chi connectivity index (χ0) is 24.7. The molecule has 1 aromatic heterocycles. The highest BCUT2D eigenvalue weighted by Crippen LogP contribution is 2.40. The topological polar surface area (TPSA) is 226 Å². The van der Waals surface area contributed by atoms with E-state index in [-0.39, 0.29) is 22.2 Å². The van der Waals surface area contributed by atoms with Gasteiger partial charge in [0.05, 0.1) is 5.75 Å². The first-order valence-electron chi connectivity index (χ1n) is 8.76. The summed E-state index contributed by atoms with van der Waals surface area (Å²) in [5, 5.41) is 23.4. The average Bonchev–Trinajstić information content (AvgIpc) is 3.09. The molecule has 2 aliphatic heterocycles. The third kappa shape index (κ3) is 5.28. The van der Waals surface area contributed by atoms with E-state index in [4.69, 9.17) is 10.9 Å². The third-order valence-corrected chi connectivity index (χ3v) is 10.4. The fourth-order valence-corrected chi connectivity index (χ4v) is 8.98. The summed E-state index contributed by atoms with van der Waals surface area (Å²) >= 11 is 1.98. The van der Waals surface area contributed by atoms with Crippen molar-refractivity contribution in [1.29, 1.82) is 0 Å². The van der Waals surface area contributed by atoms with Gasteiger partial charge in [0.1, 0.15) is 22.8 Å². The Morgan fingerprint density at radius 3 is 2.55 bits per heavy atom. The van der Waals surface area contributed by atoms with Crippen LogP contribution in [0, 0.1) is 0 Å². The van der Waals surface area contributed by atoms with Crippen LogP contribution in [0.5, 0.6) is 0 Å². The highest BCUT2D eigenvalue weighted by molar-refractivity contribution is 8.07. The molecule has 2 amide bonds. The molecular weight excluding hydrogens is 522 g/mol. The first-order chi connectivity index (χ1) is 15.2. The Bertz CT molecular complexity index is 1300. The van der Waals surface area contributed by atoms with Crippen molar-refractivity contribution in [1.82, 2.24) is 15.2 Å². The van der Waals surface area contributed by atoms with Crippen molar-refractivity contribution < 1.29 is 41.5 Å². The number of anilines is 1. The number of amides is 2. The molecule has 3 heterocycles. The average molecular weight is 540 g/mol. The van der Waals surface area contributed by atoms with Crippen LogP contribution in [-0.4, -0.2) is 94.8 Å². The minimum atomic E-state index is -4.21. The van der Waals surface area contributed by atoms with E-state index < -0.39 is 71.1 Å². The number of β-lactam (4-membered cyclic amide) rings is 1. The lowest BCUT2D eigenvalue weighted by molar-refractivity contribution is -0.150. The van der Waals surface area contributed by atoms with E-state index in [2.05, 4.69) is 15.5 Å². The van der Waals surface area contributed by atoms with Crippen molar-refractivity contribution in [2.45, 2.75) is 11.4 Å². The quantitative estimate of drug-likeness (QED) is 0.122. The monoisotopic (exact) mass is 539 g/mol. The van der Waals surface area contributed by atoms with Crippen molar-refractivity contribution >= 4 is 71.4 Å². The normalized spacial score (nSPS) is 21.4. The van der Waals surface area contributed by atoms with Gasteiger partial charge in [0, 0.05) is 17.4 Å². The number of thioether (sulfide) groups is 1. The molecular formula is C15H17N5O9S4. The summed E-state index contributed by atoms with van der Waals surface area (Å²) in [4.78, 5) is 41.6. The van der Waals surface area contributed by atoms with Crippen LogP contribution in [0.15, 0.2) is 21.8 Å². The minimum Gasteiger partial charge on any atom is -0.477 e. The van der Waals surface area contributed by atoms with Gasteiger partial charge in [0.2, 0.25) is 0 Å². The Kier molecular flexibility index (Phi) is 6.74. The van der Waals surface area contributed by atoms with Crippen molar-refractivity contribution in [3.63, 3.8) is 0 Å². The van der Waals surface area contributed by atoms with E-state index in [1.165, 1.54) is 5.38 Å². The number of nitrogen functional groups attached to an aromatic ring is 1. The Morgan fingerprint density at radius 1 is 1.36 bits per heavy atom. The molecule has 0 aliphatic carbocycles. The second-order valence-corrected chi connectivity index (χ2v) is 13.6. The number of oxime groups is 1. The molecule has 33 heavy (non-hydrogen) atoms. The fourth-order valence-electron chi connectivity index (χ4n) is 3.25. The number of fused-ring (bicyclic) bond motifs is 1. The van der Waals surface area contributed by atoms with Crippen molar-refractivity contribution in [2.24, 2.45) is 5.16 Å². The molecule has 3 rings (SSSR count). The maximum Gasteiger partial charge on any atom is 0.352 e. The summed E-state index contributed by atoms with van der Waals surface area (Å²) < 4.78 is 47.1. The second kappa shape index (κ2) is 8.92. The predicted octanol–water partition coefficient (Wildman–Crippen LogP) is -1.94. The number of carbonyl (C=O) groups is 3. The number of carboxylic acid groups (broad SMARTS) is 1. The smallest absolute Gasteiger partial charge is 0.352 e. The van der Waals surface area contributed by atoms with Crippen LogP contribution >= 0.6 is 23.1 Å². The molecule has 0 bridgehead atoms. The molecule has 0 aromatic carbocycles. The lowest BCUT2D eigenvalue weighted by atomic mass is 10.0. The molecule has 1 fully saturated rings. The Labute approximate surface area is 195 Å². The highest BCUT2D eigenvalue weighted by Gasteiger charge is 2.54. The van der Waals surface area contributed by atoms with Gasteiger partial charge in [-0.1, -0.05) is 5.16 Å². The summed E-state index contributed by atoms with van der Waals surface area (Å²) in [6.07, 6.45) is 0.735. The molecule has 0 spiro atoms. The number of aliphatic carboxylic acids is 1. The van der Waals surface area contributed by atoms with Crippen LogP contribution in [0.1, 0.15) is 5.69 Å². The largest absolute Gasteiger partial charge is 0.477 e. The maximum atomic E-state index is 12.7. The van der Waals surface area contributed by atoms with E-state index >= 15 is 0 Å². The molecule has 0 saturated carbocycles. The van der Waals surface area contributed by atoms with E-state index in [0.29, 0.717) is 0 Å². The maximum absolute atomic E-state index is 12.7. The number of nitrogens with two attached hydrogens (primary N) is 1. The lowest BCUT2D eigenvalue weighted by Crippen LogP contribution is -2.71. The van der Waals surface area contributed by atoms with Crippen LogP contribution in [0.4, 0.5) is 5.13 Å². The summed E-state index contributed by atoms with van der Waals surface area (Å²) in [6.45, 7) is 0. The first-order valence-corrected chi connectivity index (χ1v) is 14.6. The lowest BCUT2D eigenvalue weighted by Gasteiger charge is -2.49. The molecule has 14 nitrogen and oxygen atoms in total. The molecule has 1 unspecified atom stereocenters. The standard InChI is InChI=1S/C15H17N5O9S4/c1-32(26,27)5-33(28,29)4-6-2-30-13-9(12(22)20(13)10(6)14(23)24)18-11(21)8(19-25)7-3-31-15(16)17-7/h3,9,13,25H,2,4-5H2,1H3,(H2,16,17)(H,18,21)(H,23,24)/b19-8-/t9?,13-/m1/s1. The fraction of sp³-hybridized carbons (Fsp3) is 0.400. The number of aromatic nitrogens is 1. The van der Waals surface area contributed by atoms with Crippen LogP contribution in [0.3, 0.4) is 0 Å². The SMILES string of the molecule is CS(=O)(=O)CS(=O)(=O)CC1=C(C(=O)O)N2C(=O)C(NC(=O)/C(=N\O)c3csc(N)n3)[C@H]2SC1. The first kappa shape index (κ1) is 24.9. The molecule has 18 heteroatoms. The van der Waals surface area contributed by atoms with Crippen LogP contribution in [0.25, 0.3) is 0 Å². The Morgan fingerprint density at radius 2 is 2.03 bits per heavy atom. The number of carbonyl (C=O) groups excluding carboxylic acids is 2. The second-order valence-electron chi connectivity index (χ2n) is 7.07. The van der Waals surface area contributed by atoms with Crippen LogP contribution in [-0.2, 0) is 34.1 Å². The van der Waals surface area contributed by atoms with Gasteiger partial charge in [-0.05, 0) is 5.57 Å². The van der Waals surface area contributed by atoms with Gasteiger partial charge < -0.3 is 21.4 Å². The van der Waals surface area contributed by atoms with Gasteiger partial charge >= 0.3 is 5.97 Å². The minimum absolute atomic E-state index is 0.0260. The summed E-state index contributed by atoms with van der Waals surface area (Å²) in [6, 6.07) is -1.18. The zero-order valence-electron chi connectivity index (χ0n) is 16.7. The van der Waals surface area contributed by atoms with Crippen molar-refractivity contribution in [3.8, 4) is 0 Å². The van der Waals surface area contributed by atoms with Gasteiger partial charge in [-0.3, -0.25) is 14.5 Å². The number of rotatable bonds is 8. The van der Waals surface area contributed by atoms with E-state index in [1.54, 1.807) is 0 Å². The number of nitrogens with zero attached hydrogens (tertiary/aromatic N) is 3. The van der Waals surface area contributed by atoms with Gasteiger partial charge in [0.15, 0.2) is 35.6 Å². The summed E-state index contributed by atoms with van der Waals surface area (Å²) in [7, 11) is -8.09. The summed E-state index contributed by atoms with van der Waals surface area (Å²) in [5.74, 6) is -4.34. The Balaban J connectivity index is 1.81. The number of hydrogen-bond acceptors (Lipinski definition) is 13. The van der Waals surface area contributed by atoms with E-state index in [0.717, 1.165) is 34.3 Å². The Hall–Kier alpha value is -2.70. The van der Waals surface area contributed by atoms with Crippen LogP contribution < -0.4 is 11.1 Å².